The zero-order valence-corrected chi connectivity index (χ0v) is 15.2. The molecular formula is C21H40O. The van der Waals surface area contributed by atoms with Gasteiger partial charge in [-0.1, -0.05) is 109 Å². The molecule has 0 aromatic rings. The monoisotopic (exact) mass is 308 g/mol. The van der Waals surface area contributed by atoms with Crippen molar-refractivity contribution >= 4 is 0 Å². The molecule has 0 aromatic heterocycles. The summed E-state index contributed by atoms with van der Waals surface area (Å²) < 4.78 is 0. The predicted molar refractivity (Wildman–Crippen MR) is 99.0 cm³/mol. The molecule has 0 aliphatic heterocycles. The van der Waals surface area contributed by atoms with Crippen LogP contribution in [0.5, 0.6) is 0 Å². The number of unbranched alkanes of at least 4 members (excludes halogenated alkanes) is 16. The van der Waals surface area contributed by atoms with E-state index >= 15 is 0 Å². The van der Waals surface area contributed by atoms with Crippen molar-refractivity contribution in [3.8, 4) is 11.8 Å². The van der Waals surface area contributed by atoms with Gasteiger partial charge in [0, 0.05) is 6.42 Å². The van der Waals surface area contributed by atoms with E-state index in [0.717, 1.165) is 6.42 Å². The van der Waals surface area contributed by atoms with Crippen LogP contribution in [-0.2, 0) is 0 Å². The van der Waals surface area contributed by atoms with Gasteiger partial charge in [0.1, 0.15) is 6.61 Å². The Morgan fingerprint density at radius 2 is 0.864 bits per heavy atom. The Balaban J connectivity index is 2.97. The molecule has 0 aromatic carbocycles. The fraction of sp³-hybridized carbons (Fsp3) is 0.905. The first kappa shape index (κ1) is 21.5. The molecule has 0 bridgehead atoms. The number of hydrogen-bond acceptors (Lipinski definition) is 1. The third-order valence-electron chi connectivity index (χ3n) is 4.36. The molecule has 0 unspecified atom stereocenters. The third-order valence-corrected chi connectivity index (χ3v) is 4.36. The first-order chi connectivity index (χ1) is 10.9. The lowest BCUT2D eigenvalue weighted by Crippen LogP contribution is -1.83. The van der Waals surface area contributed by atoms with E-state index in [1.165, 1.54) is 103 Å². The van der Waals surface area contributed by atoms with Crippen molar-refractivity contribution in [1.82, 2.24) is 0 Å². The average molecular weight is 309 g/mol. The van der Waals surface area contributed by atoms with E-state index in [9.17, 15) is 0 Å². The fourth-order valence-electron chi connectivity index (χ4n) is 2.91. The zero-order chi connectivity index (χ0) is 16.1. The largest absolute Gasteiger partial charge is 0.384 e. The number of rotatable bonds is 16. The van der Waals surface area contributed by atoms with Crippen molar-refractivity contribution in [2.24, 2.45) is 0 Å². The molecule has 0 heterocycles. The second kappa shape index (κ2) is 20.5. The minimum atomic E-state index is 0.0128. The highest BCUT2D eigenvalue weighted by Gasteiger charge is 1.94. The summed E-state index contributed by atoms with van der Waals surface area (Å²) in [6.07, 6.45) is 23.5. The van der Waals surface area contributed by atoms with Gasteiger partial charge in [0.25, 0.3) is 0 Å². The molecule has 1 N–H and O–H groups in total. The molecular weight excluding hydrogens is 268 g/mol. The quantitative estimate of drug-likeness (QED) is 0.250. The Hall–Kier alpha value is -0.480. The molecule has 0 aliphatic rings. The summed E-state index contributed by atoms with van der Waals surface area (Å²) in [7, 11) is 0. The number of aliphatic hydroxyl groups is 1. The van der Waals surface area contributed by atoms with Gasteiger partial charge in [0.15, 0.2) is 0 Å². The summed E-state index contributed by atoms with van der Waals surface area (Å²) in [6.45, 7) is 2.30. The van der Waals surface area contributed by atoms with E-state index in [1.807, 2.05) is 0 Å². The Morgan fingerprint density at radius 3 is 1.23 bits per heavy atom. The van der Waals surface area contributed by atoms with Crippen LogP contribution in [0.15, 0.2) is 0 Å². The summed E-state index contributed by atoms with van der Waals surface area (Å²) in [5, 5.41) is 8.53. The molecule has 0 saturated heterocycles. The van der Waals surface area contributed by atoms with Gasteiger partial charge in [-0.15, -0.1) is 5.92 Å². The molecule has 0 saturated carbocycles. The van der Waals surface area contributed by atoms with Crippen molar-refractivity contribution in [3.05, 3.63) is 0 Å². The van der Waals surface area contributed by atoms with Gasteiger partial charge in [0.2, 0.25) is 0 Å². The minimum Gasteiger partial charge on any atom is -0.384 e. The molecule has 0 amide bonds. The molecule has 130 valence electrons. The summed E-state index contributed by atoms with van der Waals surface area (Å²) in [5.74, 6) is 5.69. The third kappa shape index (κ3) is 19.5. The summed E-state index contributed by atoms with van der Waals surface area (Å²) in [5.41, 5.74) is 0. The van der Waals surface area contributed by atoms with Gasteiger partial charge in [-0.2, -0.15) is 0 Å². The first-order valence-electron chi connectivity index (χ1n) is 9.98. The van der Waals surface area contributed by atoms with Crippen LogP contribution < -0.4 is 0 Å². The topological polar surface area (TPSA) is 20.2 Å². The maximum absolute atomic E-state index is 8.53. The first-order valence-corrected chi connectivity index (χ1v) is 9.98. The smallest absolute Gasteiger partial charge is 0.104 e. The Bertz CT molecular complexity index is 248. The van der Waals surface area contributed by atoms with Crippen LogP contribution in [0.4, 0.5) is 0 Å². The molecule has 0 fully saturated rings. The van der Waals surface area contributed by atoms with E-state index in [2.05, 4.69) is 18.8 Å². The lowest BCUT2D eigenvalue weighted by molar-refractivity contribution is 0.350. The average Bonchev–Trinajstić information content (AvgIpc) is 2.54. The van der Waals surface area contributed by atoms with E-state index < -0.39 is 0 Å². The molecule has 0 spiro atoms. The van der Waals surface area contributed by atoms with Gasteiger partial charge in [-0.3, -0.25) is 0 Å². The summed E-state index contributed by atoms with van der Waals surface area (Å²) >= 11 is 0. The predicted octanol–water partition coefficient (Wildman–Crippen LogP) is 6.63. The minimum absolute atomic E-state index is 0.0128. The highest BCUT2D eigenvalue weighted by atomic mass is 16.2. The lowest BCUT2D eigenvalue weighted by atomic mass is 10.0. The maximum atomic E-state index is 8.53. The van der Waals surface area contributed by atoms with Gasteiger partial charge in [-0.05, 0) is 6.42 Å². The Kier molecular flexibility index (Phi) is 20.1. The summed E-state index contributed by atoms with van der Waals surface area (Å²) in [4.78, 5) is 0. The molecule has 0 aliphatic carbocycles. The van der Waals surface area contributed by atoms with Crippen LogP contribution >= 0.6 is 0 Å². The summed E-state index contributed by atoms with van der Waals surface area (Å²) in [6, 6.07) is 0. The van der Waals surface area contributed by atoms with Crippen LogP contribution in [0.25, 0.3) is 0 Å². The number of aliphatic hydroxyl groups excluding tert-OH is 1. The fourth-order valence-corrected chi connectivity index (χ4v) is 2.91. The van der Waals surface area contributed by atoms with Gasteiger partial charge in [0.05, 0.1) is 0 Å². The van der Waals surface area contributed by atoms with E-state index in [-0.39, 0.29) is 6.61 Å². The molecule has 1 nitrogen and oxygen atoms in total. The van der Waals surface area contributed by atoms with Crippen molar-refractivity contribution in [3.63, 3.8) is 0 Å². The number of hydrogen-bond donors (Lipinski definition) is 1. The second-order valence-corrected chi connectivity index (χ2v) is 6.56. The molecule has 0 rings (SSSR count). The van der Waals surface area contributed by atoms with E-state index in [1.54, 1.807) is 0 Å². The van der Waals surface area contributed by atoms with E-state index in [0.29, 0.717) is 0 Å². The molecule has 0 atom stereocenters. The van der Waals surface area contributed by atoms with Crippen LogP contribution in [0.3, 0.4) is 0 Å². The van der Waals surface area contributed by atoms with Crippen LogP contribution in [-0.4, -0.2) is 11.7 Å². The van der Waals surface area contributed by atoms with Gasteiger partial charge in [-0.25, -0.2) is 0 Å². The molecule has 0 radical (unpaired) electrons. The Labute approximate surface area is 140 Å². The van der Waals surface area contributed by atoms with Crippen LogP contribution in [0.1, 0.15) is 116 Å². The normalized spacial score (nSPS) is 10.5. The van der Waals surface area contributed by atoms with Crippen molar-refractivity contribution in [2.45, 2.75) is 116 Å². The van der Waals surface area contributed by atoms with Gasteiger partial charge < -0.3 is 5.11 Å². The van der Waals surface area contributed by atoms with Crippen LogP contribution in [0.2, 0.25) is 0 Å². The standard InChI is InChI=1S/C21H40O/c1-2-3-4-5-6-7-8-9-10-11-12-13-14-15-16-17-18-19-20-21-22/h22H,2-18,21H2,1H3. The highest BCUT2D eigenvalue weighted by molar-refractivity contribution is 4.98. The SMILES string of the molecule is CCCCCCCCCCCCCCCCCCC#CCO. The van der Waals surface area contributed by atoms with Crippen molar-refractivity contribution < 1.29 is 5.11 Å². The van der Waals surface area contributed by atoms with Gasteiger partial charge >= 0.3 is 0 Å². The van der Waals surface area contributed by atoms with Crippen molar-refractivity contribution in [1.29, 1.82) is 0 Å². The lowest BCUT2D eigenvalue weighted by Gasteiger charge is -2.03. The van der Waals surface area contributed by atoms with E-state index in [4.69, 9.17) is 5.11 Å². The zero-order valence-electron chi connectivity index (χ0n) is 15.2. The highest BCUT2D eigenvalue weighted by Crippen LogP contribution is 2.13. The maximum Gasteiger partial charge on any atom is 0.104 e. The van der Waals surface area contributed by atoms with Crippen LogP contribution in [0, 0.1) is 11.8 Å². The second-order valence-electron chi connectivity index (χ2n) is 6.56. The molecule has 22 heavy (non-hydrogen) atoms. The van der Waals surface area contributed by atoms with Crippen molar-refractivity contribution in [2.75, 3.05) is 6.61 Å². The Morgan fingerprint density at radius 1 is 0.500 bits per heavy atom. The molecule has 1 heteroatoms.